The topological polar surface area (TPSA) is 65.0 Å². The molecule has 0 unspecified atom stereocenters. The number of ether oxygens (including phenoxy) is 1. The van der Waals surface area contributed by atoms with Gasteiger partial charge in [0.05, 0.1) is 12.0 Å². The van der Waals surface area contributed by atoms with E-state index in [0.29, 0.717) is 17.0 Å². The van der Waals surface area contributed by atoms with Crippen LogP contribution in [0.1, 0.15) is 11.1 Å². The van der Waals surface area contributed by atoms with Crippen LogP contribution in [-0.4, -0.2) is 34.1 Å². The largest absolute Gasteiger partial charge is 0.497 e. The van der Waals surface area contributed by atoms with Gasteiger partial charge in [-0.2, -0.15) is 0 Å². The summed E-state index contributed by atoms with van der Waals surface area (Å²) in [6, 6.07) is 13.7. The van der Waals surface area contributed by atoms with Gasteiger partial charge in [-0.1, -0.05) is 22.9 Å². The fourth-order valence-corrected chi connectivity index (χ4v) is 3.36. The fraction of sp³-hybridized carbons (Fsp3) is 0.235. The Morgan fingerprint density at radius 3 is 2.13 bits per heavy atom. The van der Waals surface area contributed by atoms with Gasteiger partial charge in [-0.3, -0.25) is 0 Å². The van der Waals surface area contributed by atoms with Gasteiger partial charge in [0.2, 0.25) is 0 Å². The zero-order valence-corrected chi connectivity index (χ0v) is 14.1. The molecule has 0 N–H and O–H groups in total. The van der Waals surface area contributed by atoms with E-state index < -0.39 is 9.84 Å². The lowest BCUT2D eigenvalue weighted by atomic mass is 10.1. The predicted octanol–water partition coefficient (Wildman–Crippen LogP) is 2.83. The van der Waals surface area contributed by atoms with Gasteiger partial charge < -0.3 is 9.57 Å². The molecular weight excluding hydrogens is 314 g/mol. The van der Waals surface area contributed by atoms with Gasteiger partial charge in [0.25, 0.3) is 0 Å². The van der Waals surface area contributed by atoms with E-state index >= 15 is 0 Å². The third-order valence-electron chi connectivity index (χ3n) is 3.33. The molecule has 0 fully saturated rings. The molecule has 23 heavy (non-hydrogen) atoms. The van der Waals surface area contributed by atoms with Crippen LogP contribution in [0.4, 0.5) is 0 Å². The molecule has 6 heteroatoms. The van der Waals surface area contributed by atoms with Crippen molar-refractivity contribution in [3.8, 4) is 5.75 Å². The molecule has 0 saturated heterocycles. The summed E-state index contributed by atoms with van der Waals surface area (Å²) in [5, 5.41) is 3.87. The Labute approximate surface area is 136 Å². The number of oxime groups is 1. The summed E-state index contributed by atoms with van der Waals surface area (Å²) < 4.78 is 30.2. The number of hydrogen-bond donors (Lipinski definition) is 0. The number of benzene rings is 2. The van der Waals surface area contributed by atoms with E-state index in [1.165, 1.54) is 7.11 Å². The zero-order valence-electron chi connectivity index (χ0n) is 13.3. The number of nitrogens with zero attached hydrogens (tertiary/aromatic N) is 1. The predicted molar refractivity (Wildman–Crippen MR) is 89.8 cm³/mol. The zero-order chi connectivity index (χ0) is 16.9. The smallest absolute Gasteiger partial charge is 0.184 e. The Kier molecular flexibility index (Phi) is 5.39. The molecule has 0 aliphatic heterocycles. The maximum absolute atomic E-state index is 12.6. The summed E-state index contributed by atoms with van der Waals surface area (Å²) in [5.74, 6) is 0.447. The minimum Gasteiger partial charge on any atom is -0.497 e. The quantitative estimate of drug-likeness (QED) is 0.602. The lowest BCUT2D eigenvalue weighted by Crippen LogP contribution is -2.18. The van der Waals surface area contributed by atoms with Crippen molar-refractivity contribution in [2.75, 3.05) is 20.0 Å². The first-order valence-corrected chi connectivity index (χ1v) is 8.65. The summed E-state index contributed by atoms with van der Waals surface area (Å²) in [6.45, 7) is 1.91. The molecule has 0 amide bonds. The first-order valence-electron chi connectivity index (χ1n) is 7.00. The SMILES string of the molecule is CO/N=C(\CS(=O)(=O)c1ccc(C)cc1)c1ccc(OC)cc1. The number of methoxy groups -OCH3 is 1. The van der Waals surface area contributed by atoms with E-state index in [1.807, 2.05) is 6.92 Å². The summed E-state index contributed by atoms with van der Waals surface area (Å²) in [4.78, 5) is 5.07. The fourth-order valence-electron chi connectivity index (χ4n) is 2.06. The van der Waals surface area contributed by atoms with Crippen LogP contribution < -0.4 is 4.74 Å². The molecule has 0 heterocycles. The first kappa shape index (κ1) is 17.0. The molecule has 2 rings (SSSR count). The van der Waals surface area contributed by atoms with Crippen LogP contribution in [0.2, 0.25) is 0 Å². The molecule has 0 atom stereocenters. The minimum absolute atomic E-state index is 0.240. The van der Waals surface area contributed by atoms with Crippen LogP contribution in [0, 0.1) is 6.92 Å². The molecule has 0 aromatic heterocycles. The molecule has 0 radical (unpaired) electrons. The average molecular weight is 333 g/mol. The summed E-state index contributed by atoms with van der Waals surface area (Å²) in [5.41, 5.74) is 2.02. The second-order valence-corrected chi connectivity index (χ2v) is 7.01. The third-order valence-corrected chi connectivity index (χ3v) is 4.98. The highest BCUT2D eigenvalue weighted by Gasteiger charge is 2.19. The normalized spacial score (nSPS) is 12.0. The number of hydrogen-bond acceptors (Lipinski definition) is 5. The van der Waals surface area contributed by atoms with Gasteiger partial charge >= 0.3 is 0 Å². The third kappa shape index (κ3) is 4.32. The Morgan fingerprint density at radius 1 is 1.00 bits per heavy atom. The number of sulfone groups is 1. The van der Waals surface area contributed by atoms with Crippen molar-refractivity contribution < 1.29 is 18.0 Å². The van der Waals surface area contributed by atoms with Crippen LogP contribution in [0.15, 0.2) is 58.6 Å². The molecule has 2 aromatic carbocycles. The Morgan fingerprint density at radius 2 is 1.61 bits per heavy atom. The van der Waals surface area contributed by atoms with Gasteiger partial charge in [0.15, 0.2) is 9.84 Å². The second kappa shape index (κ2) is 7.28. The highest BCUT2D eigenvalue weighted by molar-refractivity contribution is 7.92. The first-order chi connectivity index (χ1) is 11.0. The molecule has 0 spiro atoms. The van der Waals surface area contributed by atoms with Crippen molar-refractivity contribution in [3.05, 3.63) is 59.7 Å². The second-order valence-electron chi connectivity index (χ2n) is 5.02. The highest BCUT2D eigenvalue weighted by atomic mass is 32.2. The van der Waals surface area contributed by atoms with E-state index in [4.69, 9.17) is 9.57 Å². The number of rotatable bonds is 6. The lowest BCUT2D eigenvalue weighted by molar-refractivity contribution is 0.213. The Hall–Kier alpha value is -2.34. The van der Waals surface area contributed by atoms with E-state index in [2.05, 4.69) is 5.16 Å². The summed E-state index contributed by atoms with van der Waals surface area (Å²) in [6.07, 6.45) is 0. The van der Waals surface area contributed by atoms with Crippen molar-refractivity contribution in [1.82, 2.24) is 0 Å². The van der Waals surface area contributed by atoms with Crippen molar-refractivity contribution >= 4 is 15.5 Å². The molecule has 122 valence electrons. The summed E-state index contributed by atoms with van der Waals surface area (Å²) in [7, 11) is -0.543. The van der Waals surface area contributed by atoms with Crippen LogP contribution in [-0.2, 0) is 14.7 Å². The van der Waals surface area contributed by atoms with Gasteiger partial charge in [0.1, 0.15) is 24.3 Å². The van der Waals surface area contributed by atoms with Gasteiger partial charge in [-0.15, -0.1) is 0 Å². The molecule has 0 aliphatic carbocycles. The van der Waals surface area contributed by atoms with Crippen molar-refractivity contribution in [3.63, 3.8) is 0 Å². The van der Waals surface area contributed by atoms with Gasteiger partial charge in [-0.25, -0.2) is 8.42 Å². The number of aryl methyl sites for hydroxylation is 1. The van der Waals surface area contributed by atoms with Crippen LogP contribution in [0.3, 0.4) is 0 Å². The summed E-state index contributed by atoms with van der Waals surface area (Å²) >= 11 is 0. The maximum atomic E-state index is 12.6. The van der Waals surface area contributed by atoms with E-state index in [0.717, 1.165) is 5.56 Å². The minimum atomic E-state index is -3.50. The Balaban J connectivity index is 2.31. The van der Waals surface area contributed by atoms with E-state index in [-0.39, 0.29) is 10.6 Å². The maximum Gasteiger partial charge on any atom is 0.184 e. The van der Waals surface area contributed by atoms with E-state index in [9.17, 15) is 8.42 Å². The van der Waals surface area contributed by atoms with Crippen molar-refractivity contribution in [1.29, 1.82) is 0 Å². The van der Waals surface area contributed by atoms with Crippen molar-refractivity contribution in [2.24, 2.45) is 5.16 Å². The molecule has 0 aliphatic rings. The Bertz CT molecular complexity index is 778. The van der Waals surface area contributed by atoms with Gasteiger partial charge in [0, 0.05) is 5.56 Å². The van der Waals surface area contributed by atoms with E-state index in [1.54, 1.807) is 55.6 Å². The van der Waals surface area contributed by atoms with Crippen LogP contribution >= 0.6 is 0 Å². The molecule has 5 nitrogen and oxygen atoms in total. The monoisotopic (exact) mass is 333 g/mol. The van der Waals surface area contributed by atoms with Crippen LogP contribution in [0.25, 0.3) is 0 Å². The van der Waals surface area contributed by atoms with Gasteiger partial charge in [-0.05, 0) is 43.3 Å². The van der Waals surface area contributed by atoms with Crippen molar-refractivity contribution in [2.45, 2.75) is 11.8 Å². The molecule has 2 aromatic rings. The lowest BCUT2D eigenvalue weighted by Gasteiger charge is -2.09. The molecular formula is C17H19NO4S. The standard InChI is InChI=1S/C17H19NO4S/c1-13-4-10-16(11-5-13)23(19,20)12-17(18-22-3)14-6-8-15(21-2)9-7-14/h4-11H,12H2,1-3H3/b18-17+. The molecule has 0 saturated carbocycles. The highest BCUT2D eigenvalue weighted by Crippen LogP contribution is 2.17. The molecule has 0 bridgehead atoms. The average Bonchev–Trinajstić information content (AvgIpc) is 2.55. The van der Waals surface area contributed by atoms with Crippen LogP contribution in [0.5, 0.6) is 5.75 Å².